The lowest BCUT2D eigenvalue weighted by Gasteiger charge is -2.17. The van der Waals surface area contributed by atoms with Gasteiger partial charge in [-0.25, -0.2) is 9.44 Å². The second kappa shape index (κ2) is 8.89. The van der Waals surface area contributed by atoms with Gasteiger partial charge in [-0.15, -0.1) is 0 Å². The first kappa shape index (κ1) is 15.8. The third-order valence-electron chi connectivity index (χ3n) is 2.25. The normalized spacial score (nSPS) is 12.2. The molecule has 2 N–H and O–H groups in total. The Morgan fingerprint density at radius 2 is 1.81 bits per heavy atom. The van der Waals surface area contributed by atoms with E-state index in [1.807, 2.05) is 0 Å². The smallest absolute Gasteiger partial charge is 0.276 e. The molecule has 16 heavy (non-hydrogen) atoms. The molecule has 0 rings (SSSR count). The van der Waals surface area contributed by atoms with E-state index in [0.29, 0.717) is 19.8 Å². The third kappa shape index (κ3) is 8.00. The van der Waals surface area contributed by atoms with Crippen LogP contribution in [0.4, 0.5) is 0 Å². The van der Waals surface area contributed by atoms with Gasteiger partial charge in [0.2, 0.25) is 0 Å². The lowest BCUT2D eigenvalue weighted by Crippen LogP contribution is -2.36. The van der Waals surface area contributed by atoms with Crippen LogP contribution in [0.25, 0.3) is 0 Å². The van der Waals surface area contributed by atoms with Crippen LogP contribution in [-0.4, -0.2) is 59.8 Å². The number of likely N-dealkylation sites (N-methyl/N-ethyl adjacent to an activating group) is 1. The SMILES string of the molecule is CCN(CC)CCOCCNS(=O)(=O)NC. The lowest BCUT2D eigenvalue weighted by atomic mass is 10.5. The van der Waals surface area contributed by atoms with Crippen LogP contribution in [0.2, 0.25) is 0 Å². The fourth-order valence-electron chi connectivity index (χ4n) is 1.16. The number of ether oxygens (including phenoxy) is 1. The minimum atomic E-state index is -3.32. The average molecular weight is 253 g/mol. The maximum absolute atomic E-state index is 10.9. The monoisotopic (exact) mass is 253 g/mol. The van der Waals surface area contributed by atoms with Gasteiger partial charge in [-0.2, -0.15) is 8.42 Å². The molecule has 0 heterocycles. The molecule has 6 nitrogen and oxygen atoms in total. The van der Waals surface area contributed by atoms with Gasteiger partial charge in [-0.05, 0) is 13.1 Å². The first-order valence-corrected chi connectivity index (χ1v) is 7.02. The highest BCUT2D eigenvalue weighted by molar-refractivity contribution is 7.87. The number of nitrogens with one attached hydrogen (secondary N) is 2. The summed E-state index contributed by atoms with van der Waals surface area (Å²) in [6.07, 6.45) is 0. The quantitative estimate of drug-likeness (QED) is 0.510. The van der Waals surface area contributed by atoms with E-state index < -0.39 is 10.2 Å². The van der Waals surface area contributed by atoms with Crippen LogP contribution in [0.3, 0.4) is 0 Å². The fraction of sp³-hybridized carbons (Fsp3) is 1.00. The van der Waals surface area contributed by atoms with Gasteiger partial charge in [0, 0.05) is 20.1 Å². The molecule has 0 fully saturated rings. The topological polar surface area (TPSA) is 70.7 Å². The molecule has 0 aromatic rings. The number of hydrogen-bond donors (Lipinski definition) is 2. The highest BCUT2D eigenvalue weighted by Crippen LogP contribution is 1.86. The van der Waals surface area contributed by atoms with Gasteiger partial charge in [0.1, 0.15) is 0 Å². The summed E-state index contributed by atoms with van der Waals surface area (Å²) in [5.74, 6) is 0. The van der Waals surface area contributed by atoms with Gasteiger partial charge in [0.25, 0.3) is 10.2 Å². The van der Waals surface area contributed by atoms with Gasteiger partial charge in [0.05, 0.1) is 13.2 Å². The summed E-state index contributed by atoms with van der Waals surface area (Å²) in [5, 5.41) is 0. The minimum Gasteiger partial charge on any atom is -0.379 e. The van der Waals surface area contributed by atoms with Gasteiger partial charge >= 0.3 is 0 Å². The molecule has 0 saturated carbocycles. The summed E-state index contributed by atoms with van der Waals surface area (Å²) in [4.78, 5) is 2.25. The van der Waals surface area contributed by atoms with Crippen LogP contribution in [0.1, 0.15) is 13.8 Å². The zero-order chi connectivity index (χ0) is 12.4. The van der Waals surface area contributed by atoms with E-state index in [1.165, 1.54) is 7.05 Å². The average Bonchev–Trinajstić information content (AvgIpc) is 2.28. The Labute approximate surface area is 98.5 Å². The molecule has 0 aliphatic rings. The predicted octanol–water partition coefficient (Wildman–Crippen LogP) is -0.601. The second-order valence-corrected chi connectivity index (χ2v) is 4.94. The molecule has 0 unspecified atom stereocenters. The largest absolute Gasteiger partial charge is 0.379 e. The fourth-order valence-corrected chi connectivity index (χ4v) is 1.65. The van der Waals surface area contributed by atoms with E-state index in [2.05, 4.69) is 28.2 Å². The van der Waals surface area contributed by atoms with E-state index in [9.17, 15) is 8.42 Å². The van der Waals surface area contributed by atoms with Crippen molar-refractivity contribution in [2.75, 3.05) is 46.4 Å². The summed E-state index contributed by atoms with van der Waals surface area (Å²) in [7, 11) is -1.96. The minimum absolute atomic E-state index is 0.293. The maximum Gasteiger partial charge on any atom is 0.276 e. The predicted molar refractivity (Wildman–Crippen MR) is 64.6 cm³/mol. The first-order valence-electron chi connectivity index (χ1n) is 5.54. The van der Waals surface area contributed by atoms with E-state index in [1.54, 1.807) is 0 Å². The first-order chi connectivity index (χ1) is 7.55. The molecule has 98 valence electrons. The molecule has 0 saturated heterocycles. The zero-order valence-electron chi connectivity index (χ0n) is 10.3. The van der Waals surface area contributed by atoms with Crippen molar-refractivity contribution in [2.45, 2.75) is 13.8 Å². The molecule has 0 atom stereocenters. The van der Waals surface area contributed by atoms with Crippen LogP contribution in [-0.2, 0) is 14.9 Å². The Morgan fingerprint density at radius 3 is 2.31 bits per heavy atom. The van der Waals surface area contributed by atoms with Gasteiger partial charge in [-0.1, -0.05) is 13.8 Å². The van der Waals surface area contributed by atoms with Gasteiger partial charge < -0.3 is 9.64 Å². The van der Waals surface area contributed by atoms with Crippen molar-refractivity contribution in [1.29, 1.82) is 0 Å². The summed E-state index contributed by atoms with van der Waals surface area (Å²) < 4.78 is 31.7. The van der Waals surface area contributed by atoms with Crippen LogP contribution >= 0.6 is 0 Å². The summed E-state index contributed by atoms with van der Waals surface area (Å²) in [5.41, 5.74) is 0. The molecule has 0 aliphatic heterocycles. The Morgan fingerprint density at radius 1 is 1.19 bits per heavy atom. The zero-order valence-corrected chi connectivity index (χ0v) is 11.1. The highest BCUT2D eigenvalue weighted by Gasteiger charge is 2.03. The maximum atomic E-state index is 10.9. The van der Waals surface area contributed by atoms with Crippen molar-refractivity contribution < 1.29 is 13.2 Å². The van der Waals surface area contributed by atoms with E-state index >= 15 is 0 Å². The van der Waals surface area contributed by atoms with Crippen LogP contribution in [0.5, 0.6) is 0 Å². The third-order valence-corrected chi connectivity index (χ3v) is 3.38. The van der Waals surface area contributed by atoms with Gasteiger partial charge in [0.15, 0.2) is 0 Å². The summed E-state index contributed by atoms with van der Waals surface area (Å²) >= 11 is 0. The van der Waals surface area contributed by atoms with Gasteiger partial charge in [-0.3, -0.25) is 0 Å². The Bertz CT molecular complexity index is 253. The van der Waals surface area contributed by atoms with Crippen molar-refractivity contribution in [3.05, 3.63) is 0 Å². The Hall–Kier alpha value is -0.210. The summed E-state index contributed by atoms with van der Waals surface area (Å²) in [6.45, 7) is 8.41. The number of nitrogens with zero attached hydrogens (tertiary/aromatic N) is 1. The molecular weight excluding hydrogens is 230 g/mol. The van der Waals surface area contributed by atoms with Crippen molar-refractivity contribution in [1.82, 2.24) is 14.3 Å². The molecule has 7 heteroatoms. The molecule has 0 spiro atoms. The van der Waals surface area contributed by atoms with E-state index in [0.717, 1.165) is 19.6 Å². The highest BCUT2D eigenvalue weighted by atomic mass is 32.2. The molecule has 0 aromatic carbocycles. The number of hydrogen-bond acceptors (Lipinski definition) is 4. The van der Waals surface area contributed by atoms with Crippen LogP contribution < -0.4 is 9.44 Å². The Balaban J connectivity index is 3.41. The molecule has 0 bridgehead atoms. The van der Waals surface area contributed by atoms with Crippen molar-refractivity contribution in [3.63, 3.8) is 0 Å². The summed E-state index contributed by atoms with van der Waals surface area (Å²) in [6, 6.07) is 0. The molecular formula is C9H23N3O3S. The van der Waals surface area contributed by atoms with E-state index in [-0.39, 0.29) is 0 Å². The van der Waals surface area contributed by atoms with Crippen LogP contribution in [0, 0.1) is 0 Å². The lowest BCUT2D eigenvalue weighted by molar-refractivity contribution is 0.111. The second-order valence-electron chi connectivity index (χ2n) is 3.24. The molecule has 0 aliphatic carbocycles. The van der Waals surface area contributed by atoms with Crippen LogP contribution in [0.15, 0.2) is 0 Å². The number of rotatable bonds is 10. The Kier molecular flexibility index (Phi) is 8.77. The van der Waals surface area contributed by atoms with Crippen molar-refractivity contribution >= 4 is 10.2 Å². The molecule has 0 amide bonds. The molecule has 0 radical (unpaired) electrons. The molecule has 0 aromatic heterocycles. The standard InChI is InChI=1S/C9H23N3O3S/c1-4-12(5-2)7-9-15-8-6-11-16(13,14)10-3/h10-11H,4-9H2,1-3H3. The van der Waals surface area contributed by atoms with Crippen molar-refractivity contribution in [3.8, 4) is 0 Å². The van der Waals surface area contributed by atoms with Crippen molar-refractivity contribution in [2.24, 2.45) is 0 Å². The van der Waals surface area contributed by atoms with E-state index in [4.69, 9.17) is 4.74 Å².